The van der Waals surface area contributed by atoms with Crippen molar-refractivity contribution < 1.29 is 9.53 Å². The van der Waals surface area contributed by atoms with E-state index in [1.807, 2.05) is 54.7 Å². The minimum absolute atomic E-state index is 0. The second-order valence-electron chi connectivity index (χ2n) is 6.47. The molecule has 1 amide bonds. The molecule has 3 aromatic rings. The first-order chi connectivity index (χ1) is 13.2. The molecule has 2 heterocycles. The fraction of sp³-hybridized carbons (Fsp3) is 0.238. The first kappa shape index (κ1) is 19.9. The first-order valence-corrected chi connectivity index (χ1v) is 9.06. The third kappa shape index (κ3) is 4.18. The molecule has 0 saturated heterocycles. The first-order valence-electron chi connectivity index (χ1n) is 9.06. The van der Waals surface area contributed by atoms with Crippen LogP contribution in [0, 0.1) is 0 Å². The zero-order valence-electron chi connectivity index (χ0n) is 15.6. The van der Waals surface area contributed by atoms with Crippen molar-refractivity contribution in [1.82, 2.24) is 14.9 Å². The number of hydrogen-bond acceptors (Lipinski definition) is 4. The molecule has 0 unspecified atom stereocenters. The molecule has 0 saturated carbocycles. The van der Waals surface area contributed by atoms with Crippen LogP contribution in [0.25, 0.3) is 11.1 Å². The normalized spacial score (nSPS) is 13.0. The van der Waals surface area contributed by atoms with Crippen molar-refractivity contribution in [2.75, 3.05) is 25.5 Å². The van der Waals surface area contributed by atoms with E-state index in [9.17, 15) is 4.79 Å². The van der Waals surface area contributed by atoms with Crippen LogP contribution in [-0.4, -0.2) is 35.7 Å². The molecule has 1 aliphatic rings. The SMILES string of the molecule is COc1cccc(-c2ccccc2NC(=O)c2cn3c(n2)CCNCC3)c1.Cl. The van der Waals surface area contributed by atoms with Gasteiger partial charge in [0, 0.05) is 43.5 Å². The quantitative estimate of drug-likeness (QED) is 0.707. The summed E-state index contributed by atoms with van der Waals surface area (Å²) >= 11 is 0. The van der Waals surface area contributed by atoms with Gasteiger partial charge in [0.1, 0.15) is 17.3 Å². The lowest BCUT2D eigenvalue weighted by Crippen LogP contribution is -2.18. The monoisotopic (exact) mass is 398 g/mol. The van der Waals surface area contributed by atoms with Gasteiger partial charge in [0.2, 0.25) is 0 Å². The van der Waals surface area contributed by atoms with Crippen LogP contribution in [0.15, 0.2) is 54.7 Å². The number of carbonyl (C=O) groups is 1. The Morgan fingerprint density at radius 3 is 2.89 bits per heavy atom. The zero-order chi connectivity index (χ0) is 18.6. The third-order valence-corrected chi connectivity index (χ3v) is 4.70. The largest absolute Gasteiger partial charge is 0.497 e. The van der Waals surface area contributed by atoms with Crippen LogP contribution in [0.3, 0.4) is 0 Å². The van der Waals surface area contributed by atoms with Gasteiger partial charge in [-0.25, -0.2) is 4.98 Å². The maximum atomic E-state index is 12.8. The molecule has 1 aliphatic heterocycles. The van der Waals surface area contributed by atoms with Crippen LogP contribution < -0.4 is 15.4 Å². The number of halogens is 1. The van der Waals surface area contributed by atoms with Gasteiger partial charge < -0.3 is 19.9 Å². The highest BCUT2D eigenvalue weighted by Crippen LogP contribution is 2.30. The number of fused-ring (bicyclic) bond motifs is 1. The Morgan fingerprint density at radius 1 is 1.18 bits per heavy atom. The van der Waals surface area contributed by atoms with E-state index in [0.717, 1.165) is 54.4 Å². The number of nitrogens with zero attached hydrogens (tertiary/aromatic N) is 2. The molecule has 4 rings (SSSR count). The molecular formula is C21H23ClN4O2. The van der Waals surface area contributed by atoms with E-state index in [1.54, 1.807) is 7.11 Å². The number of benzene rings is 2. The lowest BCUT2D eigenvalue weighted by molar-refractivity contribution is 0.102. The van der Waals surface area contributed by atoms with Crippen LogP contribution in [0.4, 0.5) is 5.69 Å². The van der Waals surface area contributed by atoms with Crippen molar-refractivity contribution >= 4 is 24.0 Å². The van der Waals surface area contributed by atoms with Crippen LogP contribution in [0.5, 0.6) is 5.75 Å². The molecule has 7 heteroatoms. The molecule has 0 bridgehead atoms. The van der Waals surface area contributed by atoms with Crippen LogP contribution >= 0.6 is 12.4 Å². The predicted octanol–water partition coefficient (Wildman–Crippen LogP) is 3.38. The molecular weight excluding hydrogens is 376 g/mol. The third-order valence-electron chi connectivity index (χ3n) is 4.70. The summed E-state index contributed by atoms with van der Waals surface area (Å²) in [7, 11) is 1.64. The van der Waals surface area contributed by atoms with Crippen molar-refractivity contribution in [2.45, 2.75) is 13.0 Å². The molecule has 6 nitrogen and oxygen atoms in total. The van der Waals surface area contributed by atoms with Gasteiger partial charge in [-0.2, -0.15) is 0 Å². The number of hydrogen-bond donors (Lipinski definition) is 2. The lowest BCUT2D eigenvalue weighted by Gasteiger charge is -2.11. The number of ether oxygens (including phenoxy) is 1. The number of methoxy groups -OCH3 is 1. The van der Waals surface area contributed by atoms with Crippen LogP contribution in [-0.2, 0) is 13.0 Å². The summed E-state index contributed by atoms with van der Waals surface area (Å²) in [6.07, 6.45) is 2.67. The minimum Gasteiger partial charge on any atom is -0.497 e. The van der Waals surface area contributed by atoms with Gasteiger partial charge in [-0.3, -0.25) is 4.79 Å². The molecule has 2 N–H and O–H groups in total. The van der Waals surface area contributed by atoms with Gasteiger partial charge >= 0.3 is 0 Å². The highest BCUT2D eigenvalue weighted by molar-refractivity contribution is 6.05. The van der Waals surface area contributed by atoms with Crippen molar-refractivity contribution in [3.8, 4) is 16.9 Å². The van der Waals surface area contributed by atoms with Gasteiger partial charge in [0.15, 0.2) is 0 Å². The average molecular weight is 399 g/mol. The smallest absolute Gasteiger partial charge is 0.275 e. The molecule has 0 fully saturated rings. The number of carbonyl (C=O) groups excluding carboxylic acids is 1. The Labute approximate surface area is 170 Å². The summed E-state index contributed by atoms with van der Waals surface area (Å²) in [6.45, 7) is 2.61. The van der Waals surface area contributed by atoms with Gasteiger partial charge in [-0.15, -0.1) is 12.4 Å². The molecule has 0 aliphatic carbocycles. The number of aromatic nitrogens is 2. The van der Waals surface area contributed by atoms with E-state index >= 15 is 0 Å². The summed E-state index contributed by atoms with van der Waals surface area (Å²) < 4.78 is 7.38. The number of nitrogens with one attached hydrogen (secondary N) is 2. The Kier molecular flexibility index (Phi) is 6.34. The maximum absolute atomic E-state index is 12.8. The molecule has 2 aromatic carbocycles. The number of imidazole rings is 1. The molecule has 28 heavy (non-hydrogen) atoms. The fourth-order valence-electron chi connectivity index (χ4n) is 3.30. The Hall–Kier alpha value is -2.83. The number of para-hydroxylation sites is 1. The number of rotatable bonds is 4. The van der Waals surface area contributed by atoms with Crippen molar-refractivity contribution in [3.63, 3.8) is 0 Å². The van der Waals surface area contributed by atoms with E-state index in [-0.39, 0.29) is 18.3 Å². The number of anilines is 1. The van der Waals surface area contributed by atoms with E-state index < -0.39 is 0 Å². The second kappa shape index (κ2) is 8.91. The Balaban J connectivity index is 0.00000225. The van der Waals surface area contributed by atoms with E-state index in [0.29, 0.717) is 5.69 Å². The van der Waals surface area contributed by atoms with Gasteiger partial charge in [0.05, 0.1) is 7.11 Å². The number of amides is 1. The molecule has 0 spiro atoms. The average Bonchev–Trinajstić information content (AvgIpc) is 2.99. The molecule has 0 atom stereocenters. The second-order valence-corrected chi connectivity index (χ2v) is 6.47. The fourth-order valence-corrected chi connectivity index (χ4v) is 3.30. The van der Waals surface area contributed by atoms with Gasteiger partial charge in [0.25, 0.3) is 5.91 Å². The Morgan fingerprint density at radius 2 is 2.04 bits per heavy atom. The van der Waals surface area contributed by atoms with Gasteiger partial charge in [-0.1, -0.05) is 30.3 Å². The highest BCUT2D eigenvalue weighted by atomic mass is 35.5. The maximum Gasteiger partial charge on any atom is 0.275 e. The predicted molar refractivity (Wildman–Crippen MR) is 112 cm³/mol. The van der Waals surface area contributed by atoms with Crippen molar-refractivity contribution in [2.24, 2.45) is 0 Å². The van der Waals surface area contributed by atoms with E-state index in [1.165, 1.54) is 0 Å². The van der Waals surface area contributed by atoms with Crippen molar-refractivity contribution in [1.29, 1.82) is 0 Å². The van der Waals surface area contributed by atoms with E-state index in [2.05, 4.69) is 20.2 Å². The van der Waals surface area contributed by atoms with Gasteiger partial charge in [-0.05, 0) is 23.8 Å². The standard InChI is InChI=1S/C21H22N4O2.ClH/c1-27-16-6-4-5-15(13-16)17-7-2-3-8-18(17)24-21(26)19-14-25-12-11-22-10-9-20(25)23-19;/h2-8,13-14,22H,9-12H2,1H3,(H,24,26);1H. The molecule has 0 radical (unpaired) electrons. The molecule has 146 valence electrons. The molecule has 1 aromatic heterocycles. The summed E-state index contributed by atoms with van der Waals surface area (Å²) in [4.78, 5) is 17.3. The highest BCUT2D eigenvalue weighted by Gasteiger charge is 2.17. The van der Waals surface area contributed by atoms with Crippen LogP contribution in [0.2, 0.25) is 0 Å². The summed E-state index contributed by atoms with van der Waals surface area (Å²) in [5, 5.41) is 6.35. The van der Waals surface area contributed by atoms with E-state index in [4.69, 9.17) is 4.74 Å². The minimum atomic E-state index is -0.195. The van der Waals surface area contributed by atoms with Crippen molar-refractivity contribution in [3.05, 3.63) is 66.2 Å². The summed E-state index contributed by atoms with van der Waals surface area (Å²) in [5.41, 5.74) is 3.12. The topological polar surface area (TPSA) is 68.2 Å². The summed E-state index contributed by atoms with van der Waals surface area (Å²) in [6, 6.07) is 15.5. The Bertz CT molecular complexity index is 947. The zero-order valence-corrected chi connectivity index (χ0v) is 16.5. The lowest BCUT2D eigenvalue weighted by atomic mass is 10.0. The van der Waals surface area contributed by atoms with Crippen LogP contribution in [0.1, 0.15) is 16.3 Å². The summed E-state index contributed by atoms with van der Waals surface area (Å²) in [5.74, 6) is 1.53.